The van der Waals surface area contributed by atoms with E-state index in [4.69, 9.17) is 4.74 Å². The first-order chi connectivity index (χ1) is 13.9. The first-order valence-corrected chi connectivity index (χ1v) is 9.50. The number of ether oxygens (including phenoxy) is 1. The van der Waals surface area contributed by atoms with Gasteiger partial charge >= 0.3 is 5.97 Å². The maximum Gasteiger partial charge on any atom is 0.356 e. The minimum atomic E-state index is -0.452. The Kier molecular flexibility index (Phi) is 4.66. The number of carbonyl (C=O) groups is 1. The van der Waals surface area contributed by atoms with Crippen molar-refractivity contribution in [1.29, 1.82) is 0 Å². The molecule has 0 fully saturated rings. The average molecular weight is 385 g/mol. The second-order valence-corrected chi connectivity index (χ2v) is 8.01. The van der Waals surface area contributed by atoms with Crippen LogP contribution in [0.3, 0.4) is 0 Å². The Labute approximate surface area is 170 Å². The van der Waals surface area contributed by atoms with E-state index in [1.54, 1.807) is 12.1 Å². The van der Waals surface area contributed by atoms with E-state index in [-0.39, 0.29) is 11.1 Å². The predicted molar refractivity (Wildman–Crippen MR) is 114 cm³/mol. The zero-order valence-corrected chi connectivity index (χ0v) is 17.0. The summed E-state index contributed by atoms with van der Waals surface area (Å²) < 4.78 is 6.76. The molecule has 0 amide bonds. The van der Waals surface area contributed by atoms with Crippen LogP contribution in [0, 0.1) is 0 Å². The molecular weight excluding hydrogens is 362 g/mol. The van der Waals surface area contributed by atoms with E-state index >= 15 is 0 Å². The number of nitrogens with zero attached hydrogens (tertiary/aromatic N) is 3. The summed E-state index contributed by atoms with van der Waals surface area (Å²) in [7, 11) is 1.35. The largest absolute Gasteiger partial charge is 0.464 e. The molecule has 0 aliphatic carbocycles. The number of fused-ring (bicyclic) bond motifs is 1. The lowest BCUT2D eigenvalue weighted by molar-refractivity contribution is 0.0594. The van der Waals surface area contributed by atoms with Gasteiger partial charge in [0.05, 0.1) is 18.3 Å². The van der Waals surface area contributed by atoms with E-state index in [9.17, 15) is 4.79 Å². The van der Waals surface area contributed by atoms with E-state index in [2.05, 4.69) is 61.1 Å². The highest BCUT2D eigenvalue weighted by atomic mass is 16.5. The minimum Gasteiger partial charge on any atom is -0.464 e. The fourth-order valence-electron chi connectivity index (χ4n) is 3.32. The van der Waals surface area contributed by atoms with Gasteiger partial charge in [-0.25, -0.2) is 9.78 Å². The lowest BCUT2D eigenvalue weighted by Crippen LogP contribution is -2.11. The summed E-state index contributed by atoms with van der Waals surface area (Å²) in [5.74, 6) is 0.212. The van der Waals surface area contributed by atoms with E-state index in [0.717, 1.165) is 22.2 Å². The van der Waals surface area contributed by atoms with Gasteiger partial charge in [-0.3, -0.25) is 4.98 Å². The minimum absolute atomic E-state index is 0.0558. The maximum atomic E-state index is 11.8. The summed E-state index contributed by atoms with van der Waals surface area (Å²) in [5, 5.41) is 1.09. The van der Waals surface area contributed by atoms with Gasteiger partial charge in [-0.2, -0.15) is 0 Å². The summed E-state index contributed by atoms with van der Waals surface area (Å²) in [6.45, 7) is 6.58. The van der Waals surface area contributed by atoms with Gasteiger partial charge in [0.1, 0.15) is 5.82 Å². The Morgan fingerprint density at radius 3 is 2.62 bits per heavy atom. The Morgan fingerprint density at radius 1 is 1.03 bits per heavy atom. The van der Waals surface area contributed by atoms with Gasteiger partial charge in [0.2, 0.25) is 0 Å². The number of hydrogen-bond acceptors (Lipinski definition) is 4. The first kappa shape index (κ1) is 18.9. The van der Waals surface area contributed by atoms with Crippen molar-refractivity contribution < 1.29 is 9.53 Å². The molecule has 0 radical (unpaired) electrons. The van der Waals surface area contributed by atoms with Crippen molar-refractivity contribution in [2.75, 3.05) is 7.11 Å². The predicted octanol–water partition coefficient (Wildman–Crippen LogP) is 5.17. The highest BCUT2D eigenvalue weighted by Crippen LogP contribution is 2.29. The highest BCUT2D eigenvalue weighted by Gasteiger charge is 2.15. The summed E-state index contributed by atoms with van der Waals surface area (Å²) >= 11 is 0. The number of esters is 1. The third kappa shape index (κ3) is 3.63. The summed E-state index contributed by atoms with van der Waals surface area (Å²) in [6.07, 6.45) is 3.82. The molecule has 0 aliphatic rings. The SMILES string of the molecule is COC(=O)c1cccc(-n2ccc3ccc(-c4cc(C(C)(C)C)ccn4)cc32)n1. The van der Waals surface area contributed by atoms with Gasteiger partial charge in [-0.1, -0.05) is 39.0 Å². The monoisotopic (exact) mass is 385 g/mol. The van der Waals surface area contributed by atoms with Crippen LogP contribution in [0.15, 0.2) is 67.0 Å². The molecule has 3 heterocycles. The molecule has 4 aromatic rings. The molecule has 0 saturated heterocycles. The maximum absolute atomic E-state index is 11.8. The number of methoxy groups -OCH3 is 1. The Balaban J connectivity index is 1.81. The van der Waals surface area contributed by atoms with Gasteiger partial charge in [0.25, 0.3) is 0 Å². The van der Waals surface area contributed by atoms with E-state index < -0.39 is 5.97 Å². The van der Waals surface area contributed by atoms with Crippen molar-refractivity contribution in [1.82, 2.24) is 14.5 Å². The molecule has 0 unspecified atom stereocenters. The molecule has 1 aromatic carbocycles. The molecule has 0 bridgehead atoms. The zero-order valence-electron chi connectivity index (χ0n) is 17.0. The Morgan fingerprint density at radius 2 is 1.86 bits per heavy atom. The number of benzene rings is 1. The van der Waals surface area contributed by atoms with Crippen molar-refractivity contribution in [3.63, 3.8) is 0 Å². The Bertz CT molecular complexity index is 1200. The molecule has 0 aliphatic heterocycles. The van der Waals surface area contributed by atoms with Crippen molar-refractivity contribution in [3.05, 3.63) is 78.2 Å². The zero-order chi connectivity index (χ0) is 20.6. The number of rotatable bonds is 3. The van der Waals surface area contributed by atoms with Crippen LogP contribution in [0.1, 0.15) is 36.8 Å². The molecular formula is C24H23N3O2. The summed E-state index contributed by atoms with van der Waals surface area (Å²) in [5.41, 5.74) is 4.55. The fourth-order valence-corrected chi connectivity index (χ4v) is 3.32. The normalized spacial score (nSPS) is 11.6. The Hall–Kier alpha value is -3.47. The van der Waals surface area contributed by atoms with E-state index in [1.165, 1.54) is 12.7 Å². The van der Waals surface area contributed by atoms with Gasteiger partial charge in [-0.05, 0) is 47.4 Å². The number of pyridine rings is 2. The third-order valence-corrected chi connectivity index (χ3v) is 4.99. The quantitative estimate of drug-likeness (QED) is 0.457. The lowest BCUT2D eigenvalue weighted by Gasteiger charge is -2.19. The van der Waals surface area contributed by atoms with E-state index in [0.29, 0.717) is 5.82 Å². The van der Waals surface area contributed by atoms with Crippen LogP contribution < -0.4 is 0 Å². The van der Waals surface area contributed by atoms with Crippen LogP contribution in [0.2, 0.25) is 0 Å². The van der Waals surface area contributed by atoms with Crippen LogP contribution >= 0.6 is 0 Å². The van der Waals surface area contributed by atoms with Crippen LogP contribution in [0.5, 0.6) is 0 Å². The smallest absolute Gasteiger partial charge is 0.356 e. The summed E-state index contributed by atoms with van der Waals surface area (Å²) in [4.78, 5) is 20.9. The van der Waals surface area contributed by atoms with Crippen LogP contribution in [0.4, 0.5) is 0 Å². The second-order valence-electron chi connectivity index (χ2n) is 8.01. The van der Waals surface area contributed by atoms with Crippen molar-refractivity contribution in [2.24, 2.45) is 0 Å². The molecule has 4 rings (SSSR count). The molecule has 3 aromatic heterocycles. The van der Waals surface area contributed by atoms with Crippen LogP contribution in [-0.4, -0.2) is 27.6 Å². The van der Waals surface area contributed by atoms with Gasteiger partial charge in [-0.15, -0.1) is 0 Å². The molecule has 0 saturated carbocycles. The van der Waals surface area contributed by atoms with Gasteiger partial charge in [0, 0.05) is 23.3 Å². The summed E-state index contributed by atoms with van der Waals surface area (Å²) in [6, 6.07) is 17.8. The topological polar surface area (TPSA) is 57.0 Å². The van der Waals surface area contributed by atoms with Gasteiger partial charge in [0.15, 0.2) is 5.69 Å². The average Bonchev–Trinajstić information content (AvgIpc) is 3.16. The highest BCUT2D eigenvalue weighted by molar-refractivity contribution is 5.88. The lowest BCUT2D eigenvalue weighted by atomic mass is 9.87. The third-order valence-electron chi connectivity index (χ3n) is 4.99. The van der Waals surface area contributed by atoms with Crippen molar-refractivity contribution in [3.8, 4) is 17.1 Å². The molecule has 146 valence electrons. The molecule has 5 heteroatoms. The van der Waals surface area contributed by atoms with Crippen LogP contribution in [0.25, 0.3) is 28.0 Å². The molecule has 29 heavy (non-hydrogen) atoms. The van der Waals surface area contributed by atoms with E-state index in [1.807, 2.05) is 29.1 Å². The van der Waals surface area contributed by atoms with Crippen LogP contribution in [-0.2, 0) is 10.2 Å². The first-order valence-electron chi connectivity index (χ1n) is 9.50. The number of aromatic nitrogens is 3. The number of carbonyl (C=O) groups excluding carboxylic acids is 1. The second kappa shape index (κ2) is 7.17. The standard InChI is InChI=1S/C24H23N3O2/c1-24(2,3)18-10-12-25-20(15-18)17-9-8-16-11-13-27(21(16)14-17)22-7-5-6-19(26-22)23(28)29-4/h5-15H,1-4H3. The fraction of sp³-hybridized carbons (Fsp3) is 0.208. The molecule has 0 atom stereocenters. The van der Waals surface area contributed by atoms with Crippen molar-refractivity contribution >= 4 is 16.9 Å². The van der Waals surface area contributed by atoms with Gasteiger partial charge < -0.3 is 9.30 Å². The molecule has 0 spiro atoms. The molecule has 5 nitrogen and oxygen atoms in total. The van der Waals surface area contributed by atoms with Crippen molar-refractivity contribution in [2.45, 2.75) is 26.2 Å². The number of hydrogen-bond donors (Lipinski definition) is 0. The molecule has 0 N–H and O–H groups in total.